The Kier molecular flexibility index (Phi) is 5.92. The number of hydrogen-bond acceptors (Lipinski definition) is 3. The van der Waals surface area contributed by atoms with E-state index in [4.69, 9.17) is 5.73 Å². The predicted octanol–water partition coefficient (Wildman–Crippen LogP) is 1.03. The van der Waals surface area contributed by atoms with Crippen molar-refractivity contribution in [2.75, 3.05) is 6.54 Å². The molecule has 100 valence electrons. The summed E-state index contributed by atoms with van der Waals surface area (Å²) < 4.78 is 0. The first kappa shape index (κ1) is 14.5. The fourth-order valence-corrected chi connectivity index (χ4v) is 2.19. The average Bonchev–Trinajstić information content (AvgIpc) is 2.27. The average molecular weight is 242 g/mol. The standard InChI is InChI=1S/C13H26N2O2/c1-9(2)11(14)7-13(17)15-8-10-5-3-4-6-12(10)16/h9-12,16H,3-8,14H2,1-2H3,(H,15,17). The summed E-state index contributed by atoms with van der Waals surface area (Å²) in [7, 11) is 0. The van der Waals surface area contributed by atoms with Gasteiger partial charge in [-0.1, -0.05) is 26.7 Å². The van der Waals surface area contributed by atoms with E-state index in [-0.39, 0.29) is 24.0 Å². The van der Waals surface area contributed by atoms with Gasteiger partial charge in [0.1, 0.15) is 0 Å². The Bertz CT molecular complexity index is 244. The largest absolute Gasteiger partial charge is 0.393 e. The van der Waals surface area contributed by atoms with Crippen molar-refractivity contribution in [3.8, 4) is 0 Å². The van der Waals surface area contributed by atoms with Gasteiger partial charge in [0.15, 0.2) is 0 Å². The third-order valence-electron chi connectivity index (χ3n) is 3.71. The lowest BCUT2D eigenvalue weighted by atomic mass is 9.86. The number of rotatable bonds is 5. The van der Waals surface area contributed by atoms with Crippen molar-refractivity contribution in [1.29, 1.82) is 0 Å². The number of aliphatic hydroxyl groups excluding tert-OH is 1. The van der Waals surface area contributed by atoms with Crippen LogP contribution < -0.4 is 11.1 Å². The van der Waals surface area contributed by atoms with Gasteiger partial charge in [0, 0.05) is 24.9 Å². The minimum atomic E-state index is -0.247. The third kappa shape index (κ3) is 5.04. The fraction of sp³-hybridized carbons (Fsp3) is 0.923. The van der Waals surface area contributed by atoms with Crippen LogP contribution in [0.5, 0.6) is 0 Å². The fourth-order valence-electron chi connectivity index (χ4n) is 2.19. The number of carbonyl (C=O) groups excluding carboxylic acids is 1. The molecule has 0 saturated heterocycles. The second-order valence-electron chi connectivity index (χ2n) is 5.53. The molecule has 0 aromatic carbocycles. The quantitative estimate of drug-likeness (QED) is 0.674. The molecule has 4 N–H and O–H groups in total. The molecular formula is C13H26N2O2. The van der Waals surface area contributed by atoms with Gasteiger partial charge >= 0.3 is 0 Å². The van der Waals surface area contributed by atoms with Crippen LogP contribution in [0.2, 0.25) is 0 Å². The van der Waals surface area contributed by atoms with E-state index in [9.17, 15) is 9.90 Å². The molecule has 0 aliphatic heterocycles. The Balaban J connectivity index is 2.23. The zero-order valence-corrected chi connectivity index (χ0v) is 11.0. The smallest absolute Gasteiger partial charge is 0.221 e. The van der Waals surface area contributed by atoms with Crippen molar-refractivity contribution in [3.63, 3.8) is 0 Å². The molecule has 1 aliphatic carbocycles. The monoisotopic (exact) mass is 242 g/mol. The maximum Gasteiger partial charge on any atom is 0.221 e. The topological polar surface area (TPSA) is 75.4 Å². The first-order valence-corrected chi connectivity index (χ1v) is 6.71. The Labute approximate surface area is 104 Å². The van der Waals surface area contributed by atoms with Crippen LogP contribution in [-0.2, 0) is 4.79 Å². The molecule has 1 amide bonds. The van der Waals surface area contributed by atoms with Crippen LogP contribution in [0.4, 0.5) is 0 Å². The first-order chi connectivity index (χ1) is 8.00. The number of hydrogen-bond donors (Lipinski definition) is 3. The van der Waals surface area contributed by atoms with E-state index >= 15 is 0 Å². The molecule has 0 aromatic rings. The number of nitrogens with two attached hydrogens (primary N) is 1. The lowest BCUT2D eigenvalue weighted by Gasteiger charge is -2.27. The lowest BCUT2D eigenvalue weighted by molar-refractivity contribution is -0.122. The van der Waals surface area contributed by atoms with Gasteiger partial charge < -0.3 is 16.2 Å². The highest BCUT2D eigenvalue weighted by molar-refractivity contribution is 5.76. The Morgan fingerprint density at radius 1 is 1.41 bits per heavy atom. The molecule has 3 unspecified atom stereocenters. The van der Waals surface area contributed by atoms with Crippen molar-refractivity contribution in [2.45, 2.75) is 58.1 Å². The van der Waals surface area contributed by atoms with Crippen LogP contribution in [0.25, 0.3) is 0 Å². The summed E-state index contributed by atoms with van der Waals surface area (Å²) in [5.41, 5.74) is 5.84. The molecule has 0 radical (unpaired) electrons. The van der Waals surface area contributed by atoms with E-state index in [1.165, 1.54) is 0 Å². The molecule has 0 spiro atoms. The molecule has 0 aromatic heterocycles. The second kappa shape index (κ2) is 6.97. The molecule has 4 heteroatoms. The molecule has 17 heavy (non-hydrogen) atoms. The van der Waals surface area contributed by atoms with Gasteiger partial charge in [-0.2, -0.15) is 0 Å². The maximum atomic E-state index is 11.6. The van der Waals surface area contributed by atoms with Gasteiger partial charge in [-0.25, -0.2) is 0 Å². The molecule has 0 bridgehead atoms. The zero-order chi connectivity index (χ0) is 12.8. The van der Waals surface area contributed by atoms with E-state index < -0.39 is 0 Å². The van der Waals surface area contributed by atoms with Gasteiger partial charge in [-0.3, -0.25) is 4.79 Å². The molecule has 1 rings (SSSR count). The van der Waals surface area contributed by atoms with Crippen LogP contribution in [0.1, 0.15) is 46.0 Å². The van der Waals surface area contributed by atoms with Gasteiger partial charge in [-0.05, 0) is 18.8 Å². The molecule has 0 heterocycles. The van der Waals surface area contributed by atoms with E-state index in [1.54, 1.807) is 0 Å². The Morgan fingerprint density at radius 3 is 2.65 bits per heavy atom. The molecule has 1 aliphatic rings. The Hall–Kier alpha value is -0.610. The molecule has 3 atom stereocenters. The van der Waals surface area contributed by atoms with Gasteiger partial charge in [-0.15, -0.1) is 0 Å². The van der Waals surface area contributed by atoms with Crippen molar-refractivity contribution >= 4 is 5.91 Å². The van der Waals surface area contributed by atoms with Crippen LogP contribution in [0.15, 0.2) is 0 Å². The highest BCUT2D eigenvalue weighted by Gasteiger charge is 2.23. The Morgan fingerprint density at radius 2 is 2.06 bits per heavy atom. The van der Waals surface area contributed by atoms with Crippen molar-refractivity contribution in [2.24, 2.45) is 17.6 Å². The zero-order valence-electron chi connectivity index (χ0n) is 11.0. The summed E-state index contributed by atoms with van der Waals surface area (Å²) >= 11 is 0. The maximum absolute atomic E-state index is 11.6. The summed E-state index contributed by atoms with van der Waals surface area (Å²) in [6.45, 7) is 4.62. The van der Waals surface area contributed by atoms with E-state index in [2.05, 4.69) is 5.32 Å². The number of amides is 1. The van der Waals surface area contributed by atoms with E-state index in [1.807, 2.05) is 13.8 Å². The van der Waals surface area contributed by atoms with Crippen molar-refractivity contribution < 1.29 is 9.90 Å². The summed E-state index contributed by atoms with van der Waals surface area (Å²) in [5.74, 6) is 0.549. The summed E-state index contributed by atoms with van der Waals surface area (Å²) in [5, 5.41) is 12.7. The van der Waals surface area contributed by atoms with Crippen LogP contribution in [0.3, 0.4) is 0 Å². The molecule has 4 nitrogen and oxygen atoms in total. The highest BCUT2D eigenvalue weighted by atomic mass is 16.3. The summed E-state index contributed by atoms with van der Waals surface area (Å²) in [6.07, 6.45) is 4.26. The van der Waals surface area contributed by atoms with Gasteiger partial charge in [0.05, 0.1) is 6.10 Å². The molecular weight excluding hydrogens is 216 g/mol. The van der Waals surface area contributed by atoms with E-state index in [0.29, 0.717) is 18.9 Å². The second-order valence-corrected chi connectivity index (χ2v) is 5.53. The molecule has 1 fully saturated rings. The van der Waals surface area contributed by atoms with Crippen LogP contribution in [0, 0.1) is 11.8 Å². The number of nitrogens with one attached hydrogen (secondary N) is 1. The normalized spacial score (nSPS) is 26.9. The first-order valence-electron chi connectivity index (χ1n) is 6.71. The minimum absolute atomic E-state index is 0.00368. The lowest BCUT2D eigenvalue weighted by Crippen LogP contribution is -2.39. The van der Waals surface area contributed by atoms with Gasteiger partial charge in [0.25, 0.3) is 0 Å². The number of carbonyl (C=O) groups is 1. The van der Waals surface area contributed by atoms with Crippen molar-refractivity contribution in [3.05, 3.63) is 0 Å². The predicted molar refractivity (Wildman–Crippen MR) is 68.4 cm³/mol. The minimum Gasteiger partial charge on any atom is -0.393 e. The van der Waals surface area contributed by atoms with Crippen LogP contribution >= 0.6 is 0 Å². The van der Waals surface area contributed by atoms with Crippen LogP contribution in [-0.4, -0.2) is 29.7 Å². The number of aliphatic hydroxyl groups is 1. The highest BCUT2D eigenvalue weighted by Crippen LogP contribution is 2.23. The summed E-state index contributed by atoms with van der Waals surface area (Å²) in [6, 6.07) is -0.0775. The third-order valence-corrected chi connectivity index (χ3v) is 3.71. The van der Waals surface area contributed by atoms with Gasteiger partial charge in [0.2, 0.25) is 5.91 Å². The van der Waals surface area contributed by atoms with E-state index in [0.717, 1.165) is 25.7 Å². The molecule has 1 saturated carbocycles. The van der Waals surface area contributed by atoms with Crippen molar-refractivity contribution in [1.82, 2.24) is 5.32 Å². The summed E-state index contributed by atoms with van der Waals surface area (Å²) in [4.78, 5) is 11.6. The SMILES string of the molecule is CC(C)C(N)CC(=O)NCC1CCCCC1O.